The zero-order valence-electron chi connectivity index (χ0n) is 9.24. The van der Waals surface area contributed by atoms with Crippen molar-refractivity contribution in [2.75, 3.05) is 0 Å². The van der Waals surface area contributed by atoms with Gasteiger partial charge >= 0.3 is 0 Å². The minimum atomic E-state index is 0.333. The number of para-hydroxylation sites is 1. The molecule has 80 valence electrons. The number of phenols is 1. The first-order valence-electron chi connectivity index (χ1n) is 5.29. The normalized spacial score (nSPS) is 11.4. The molecule has 0 saturated carbocycles. The SMILES string of the molecule is Cc1cc2oc3ccccc3c2c(O)c1C. The summed E-state index contributed by atoms with van der Waals surface area (Å²) in [7, 11) is 0. The second kappa shape index (κ2) is 3.01. The van der Waals surface area contributed by atoms with Crippen LogP contribution in [0.4, 0.5) is 0 Å². The van der Waals surface area contributed by atoms with E-state index in [4.69, 9.17) is 4.42 Å². The molecule has 0 aliphatic rings. The Bertz CT molecular complexity index is 693. The van der Waals surface area contributed by atoms with Crippen LogP contribution in [0.1, 0.15) is 11.1 Å². The van der Waals surface area contributed by atoms with Crippen LogP contribution < -0.4 is 0 Å². The van der Waals surface area contributed by atoms with E-state index in [-0.39, 0.29) is 0 Å². The Labute approximate surface area is 93.1 Å². The third-order valence-corrected chi connectivity index (χ3v) is 3.15. The van der Waals surface area contributed by atoms with Crippen molar-refractivity contribution < 1.29 is 9.52 Å². The van der Waals surface area contributed by atoms with E-state index in [1.54, 1.807) is 0 Å². The van der Waals surface area contributed by atoms with Crippen molar-refractivity contribution in [3.8, 4) is 5.75 Å². The van der Waals surface area contributed by atoms with Gasteiger partial charge < -0.3 is 9.52 Å². The van der Waals surface area contributed by atoms with Crippen LogP contribution in [0.5, 0.6) is 5.75 Å². The molecule has 2 aromatic carbocycles. The minimum absolute atomic E-state index is 0.333. The topological polar surface area (TPSA) is 33.4 Å². The zero-order valence-corrected chi connectivity index (χ0v) is 9.24. The second-order valence-corrected chi connectivity index (χ2v) is 4.14. The molecule has 0 bridgehead atoms. The lowest BCUT2D eigenvalue weighted by molar-refractivity contribution is 0.477. The Morgan fingerprint density at radius 1 is 1.06 bits per heavy atom. The van der Waals surface area contributed by atoms with Gasteiger partial charge in [-0.25, -0.2) is 0 Å². The van der Waals surface area contributed by atoms with Crippen molar-refractivity contribution in [1.82, 2.24) is 0 Å². The van der Waals surface area contributed by atoms with Crippen LogP contribution in [0.2, 0.25) is 0 Å². The van der Waals surface area contributed by atoms with E-state index in [1.165, 1.54) is 0 Å². The number of hydrogen-bond donors (Lipinski definition) is 1. The molecule has 0 amide bonds. The fourth-order valence-corrected chi connectivity index (χ4v) is 2.09. The van der Waals surface area contributed by atoms with E-state index in [0.29, 0.717) is 5.75 Å². The number of fused-ring (bicyclic) bond motifs is 3. The highest BCUT2D eigenvalue weighted by Crippen LogP contribution is 2.38. The summed E-state index contributed by atoms with van der Waals surface area (Å²) in [6, 6.07) is 9.74. The third kappa shape index (κ3) is 1.07. The third-order valence-electron chi connectivity index (χ3n) is 3.15. The first kappa shape index (κ1) is 9.28. The van der Waals surface area contributed by atoms with Gasteiger partial charge in [0.05, 0.1) is 5.39 Å². The van der Waals surface area contributed by atoms with Gasteiger partial charge in [-0.1, -0.05) is 18.2 Å². The van der Waals surface area contributed by atoms with E-state index >= 15 is 0 Å². The first-order chi connectivity index (χ1) is 7.68. The number of aryl methyl sites for hydroxylation is 1. The van der Waals surface area contributed by atoms with Gasteiger partial charge in [-0.15, -0.1) is 0 Å². The van der Waals surface area contributed by atoms with Crippen molar-refractivity contribution in [2.45, 2.75) is 13.8 Å². The Morgan fingerprint density at radius 2 is 1.81 bits per heavy atom. The maximum absolute atomic E-state index is 10.2. The van der Waals surface area contributed by atoms with Crippen LogP contribution in [0.15, 0.2) is 34.7 Å². The van der Waals surface area contributed by atoms with Gasteiger partial charge in [-0.3, -0.25) is 0 Å². The van der Waals surface area contributed by atoms with Crippen molar-refractivity contribution in [2.24, 2.45) is 0 Å². The van der Waals surface area contributed by atoms with Crippen molar-refractivity contribution in [3.63, 3.8) is 0 Å². The number of aromatic hydroxyl groups is 1. The second-order valence-electron chi connectivity index (χ2n) is 4.14. The van der Waals surface area contributed by atoms with Crippen molar-refractivity contribution >= 4 is 21.9 Å². The lowest BCUT2D eigenvalue weighted by Crippen LogP contribution is -1.81. The fourth-order valence-electron chi connectivity index (χ4n) is 2.09. The van der Waals surface area contributed by atoms with Gasteiger partial charge in [-0.05, 0) is 37.1 Å². The molecule has 0 aliphatic heterocycles. The molecule has 1 N–H and O–H groups in total. The summed E-state index contributed by atoms with van der Waals surface area (Å²) >= 11 is 0. The van der Waals surface area contributed by atoms with Gasteiger partial charge in [0.15, 0.2) is 0 Å². The molecule has 0 atom stereocenters. The van der Waals surface area contributed by atoms with Crippen molar-refractivity contribution in [1.29, 1.82) is 0 Å². The number of benzene rings is 2. The Balaban J connectivity index is 2.62. The molecule has 0 unspecified atom stereocenters. The fraction of sp³-hybridized carbons (Fsp3) is 0.143. The first-order valence-corrected chi connectivity index (χ1v) is 5.29. The molecule has 0 aliphatic carbocycles. The predicted octanol–water partition coefficient (Wildman–Crippen LogP) is 3.91. The summed E-state index contributed by atoms with van der Waals surface area (Å²) in [6.07, 6.45) is 0. The monoisotopic (exact) mass is 212 g/mol. The maximum atomic E-state index is 10.2. The van der Waals surface area contributed by atoms with E-state index in [9.17, 15) is 5.11 Å². The lowest BCUT2D eigenvalue weighted by atomic mass is 10.0. The molecule has 2 heteroatoms. The van der Waals surface area contributed by atoms with Crippen LogP contribution >= 0.6 is 0 Å². The van der Waals surface area contributed by atoms with Crippen LogP contribution in [0, 0.1) is 13.8 Å². The van der Waals surface area contributed by atoms with Crippen molar-refractivity contribution in [3.05, 3.63) is 41.5 Å². The summed E-state index contributed by atoms with van der Waals surface area (Å²) in [4.78, 5) is 0. The molecule has 0 spiro atoms. The molecule has 3 aromatic rings. The highest BCUT2D eigenvalue weighted by atomic mass is 16.3. The number of hydrogen-bond acceptors (Lipinski definition) is 2. The van der Waals surface area contributed by atoms with Crippen LogP contribution in [0.3, 0.4) is 0 Å². The smallest absolute Gasteiger partial charge is 0.139 e. The summed E-state index contributed by atoms with van der Waals surface area (Å²) in [5.41, 5.74) is 3.53. The van der Waals surface area contributed by atoms with Gasteiger partial charge in [0, 0.05) is 5.39 Å². The molecular weight excluding hydrogens is 200 g/mol. The summed E-state index contributed by atoms with van der Waals surface area (Å²) in [6.45, 7) is 3.90. The van der Waals surface area contributed by atoms with E-state index < -0.39 is 0 Å². The molecule has 1 aromatic heterocycles. The molecule has 2 nitrogen and oxygen atoms in total. The molecule has 0 radical (unpaired) electrons. The molecule has 16 heavy (non-hydrogen) atoms. The molecule has 1 heterocycles. The Kier molecular flexibility index (Phi) is 1.75. The molecule has 0 fully saturated rings. The van der Waals surface area contributed by atoms with Crippen LogP contribution in [-0.2, 0) is 0 Å². The standard InChI is InChI=1S/C14H12O2/c1-8-7-12-13(14(15)9(8)2)10-5-3-4-6-11(10)16-12/h3-7,15H,1-2H3. The minimum Gasteiger partial charge on any atom is -0.507 e. The molecular formula is C14H12O2. The maximum Gasteiger partial charge on any atom is 0.139 e. The Morgan fingerprint density at radius 3 is 2.62 bits per heavy atom. The number of furan rings is 1. The van der Waals surface area contributed by atoms with Crippen LogP contribution in [-0.4, -0.2) is 5.11 Å². The van der Waals surface area contributed by atoms with Gasteiger partial charge in [0.25, 0.3) is 0 Å². The molecule has 3 rings (SSSR count). The Hall–Kier alpha value is -1.96. The van der Waals surface area contributed by atoms with E-state index in [2.05, 4.69) is 0 Å². The molecule has 0 saturated heterocycles. The zero-order chi connectivity index (χ0) is 11.3. The average molecular weight is 212 g/mol. The van der Waals surface area contributed by atoms with E-state index in [1.807, 2.05) is 44.2 Å². The highest BCUT2D eigenvalue weighted by molar-refractivity contribution is 6.08. The number of rotatable bonds is 0. The van der Waals surface area contributed by atoms with Gasteiger partial charge in [-0.2, -0.15) is 0 Å². The predicted molar refractivity (Wildman–Crippen MR) is 64.9 cm³/mol. The quantitative estimate of drug-likeness (QED) is 0.613. The van der Waals surface area contributed by atoms with Crippen LogP contribution in [0.25, 0.3) is 21.9 Å². The van der Waals surface area contributed by atoms with Gasteiger partial charge in [0.1, 0.15) is 16.9 Å². The summed E-state index contributed by atoms with van der Waals surface area (Å²) in [5, 5.41) is 12.0. The lowest BCUT2D eigenvalue weighted by Gasteiger charge is -2.03. The summed E-state index contributed by atoms with van der Waals surface area (Å²) in [5.74, 6) is 0.333. The largest absolute Gasteiger partial charge is 0.507 e. The van der Waals surface area contributed by atoms with Gasteiger partial charge in [0.2, 0.25) is 0 Å². The average Bonchev–Trinajstić information content (AvgIpc) is 2.64. The highest BCUT2D eigenvalue weighted by Gasteiger charge is 2.13. The number of phenolic OH excluding ortho intramolecular Hbond substituents is 1. The van der Waals surface area contributed by atoms with E-state index in [0.717, 1.165) is 33.1 Å². The summed E-state index contributed by atoms with van der Waals surface area (Å²) < 4.78 is 5.71.